The Morgan fingerprint density at radius 1 is 1.05 bits per heavy atom. The number of aromatic nitrogens is 4. The molecule has 37 heavy (non-hydrogen) atoms. The van der Waals surface area contributed by atoms with E-state index in [2.05, 4.69) is 4.98 Å². The number of thiazole rings is 1. The molecular formula is C28H28N4O4S. The highest BCUT2D eigenvalue weighted by molar-refractivity contribution is 7.15. The maximum atomic E-state index is 11.8. The minimum atomic E-state index is -1.11. The highest BCUT2D eigenvalue weighted by Gasteiger charge is 2.27. The molecule has 1 fully saturated rings. The van der Waals surface area contributed by atoms with Crippen LogP contribution in [0.1, 0.15) is 60.2 Å². The molecular weight excluding hydrogens is 488 g/mol. The SMILES string of the molecule is Cc1nc(C)c(-c2ccc3cc(-c4c(C5CCCCC5)nc(/C=C/C(=O)O)n4CC(=O)O)ccc3n2)s1. The third-order valence-corrected chi connectivity index (χ3v) is 7.88. The van der Waals surface area contributed by atoms with Crippen LogP contribution < -0.4 is 0 Å². The van der Waals surface area contributed by atoms with Gasteiger partial charge < -0.3 is 14.8 Å². The predicted octanol–water partition coefficient (Wildman–Crippen LogP) is 6.07. The second-order valence-electron chi connectivity index (χ2n) is 9.44. The number of nitrogens with zero attached hydrogens (tertiary/aromatic N) is 4. The Morgan fingerprint density at radius 2 is 1.84 bits per heavy atom. The lowest BCUT2D eigenvalue weighted by Gasteiger charge is -2.22. The average Bonchev–Trinajstić information content (AvgIpc) is 3.40. The van der Waals surface area contributed by atoms with Crippen LogP contribution in [-0.2, 0) is 16.1 Å². The second kappa shape index (κ2) is 10.3. The van der Waals surface area contributed by atoms with Crippen LogP contribution in [0.25, 0.3) is 38.8 Å². The van der Waals surface area contributed by atoms with Crippen LogP contribution in [0.2, 0.25) is 0 Å². The van der Waals surface area contributed by atoms with Crippen molar-refractivity contribution in [3.8, 4) is 21.8 Å². The molecule has 9 heteroatoms. The van der Waals surface area contributed by atoms with Gasteiger partial charge in [0.05, 0.1) is 38.2 Å². The van der Waals surface area contributed by atoms with Crippen molar-refractivity contribution in [3.05, 3.63) is 58.6 Å². The molecule has 5 rings (SSSR count). The van der Waals surface area contributed by atoms with Gasteiger partial charge in [-0.1, -0.05) is 31.4 Å². The number of hydrogen-bond acceptors (Lipinski definition) is 6. The number of aliphatic carboxylic acids is 2. The van der Waals surface area contributed by atoms with Gasteiger partial charge in [0.25, 0.3) is 0 Å². The zero-order chi connectivity index (χ0) is 26.1. The number of rotatable bonds is 7. The molecule has 190 valence electrons. The van der Waals surface area contributed by atoms with Crippen molar-refractivity contribution in [2.45, 2.75) is 58.4 Å². The Labute approximate surface area is 218 Å². The summed E-state index contributed by atoms with van der Waals surface area (Å²) < 4.78 is 1.62. The first-order valence-electron chi connectivity index (χ1n) is 12.4. The molecule has 0 amide bonds. The first-order chi connectivity index (χ1) is 17.8. The van der Waals surface area contributed by atoms with Gasteiger partial charge in [0.2, 0.25) is 0 Å². The summed E-state index contributed by atoms with van der Waals surface area (Å²) in [5.41, 5.74) is 5.09. The van der Waals surface area contributed by atoms with Gasteiger partial charge in [-0.15, -0.1) is 11.3 Å². The Kier molecular flexibility index (Phi) is 6.88. The average molecular weight is 517 g/mol. The number of pyridine rings is 1. The van der Waals surface area contributed by atoms with E-state index in [0.717, 1.165) is 80.9 Å². The molecule has 1 aromatic carbocycles. The first-order valence-corrected chi connectivity index (χ1v) is 13.2. The van der Waals surface area contributed by atoms with E-state index in [1.165, 1.54) is 12.5 Å². The van der Waals surface area contributed by atoms with Crippen molar-refractivity contribution in [1.82, 2.24) is 19.5 Å². The highest BCUT2D eigenvalue weighted by atomic mass is 32.1. The van der Waals surface area contributed by atoms with E-state index in [-0.39, 0.29) is 12.5 Å². The molecule has 2 N–H and O–H groups in total. The van der Waals surface area contributed by atoms with Crippen molar-refractivity contribution in [3.63, 3.8) is 0 Å². The standard InChI is InChI=1S/C28H28N4O4S/c1-16-28(37-17(2)29-16)22-11-8-19-14-20(9-10-21(19)30-22)27-26(18-6-4-3-5-7-18)31-23(12-13-24(33)34)32(27)15-25(35)36/h8-14,18H,3-7,15H2,1-2H3,(H,33,34)(H,35,36)/b13-12+. The molecule has 1 saturated carbocycles. The second-order valence-corrected chi connectivity index (χ2v) is 10.6. The summed E-state index contributed by atoms with van der Waals surface area (Å²) in [6, 6.07) is 9.94. The zero-order valence-corrected chi connectivity index (χ0v) is 21.6. The van der Waals surface area contributed by atoms with Crippen LogP contribution in [-0.4, -0.2) is 41.7 Å². The van der Waals surface area contributed by atoms with Gasteiger partial charge in [0.15, 0.2) is 0 Å². The van der Waals surface area contributed by atoms with Crippen LogP contribution in [0.4, 0.5) is 0 Å². The fourth-order valence-electron chi connectivity index (χ4n) is 5.19. The minimum absolute atomic E-state index is 0.199. The summed E-state index contributed by atoms with van der Waals surface area (Å²) in [6.45, 7) is 3.66. The Bertz CT molecular complexity index is 1530. The van der Waals surface area contributed by atoms with Gasteiger partial charge in [0.1, 0.15) is 12.4 Å². The molecule has 0 radical (unpaired) electrons. The quantitative estimate of drug-likeness (QED) is 0.286. The van der Waals surface area contributed by atoms with Crippen LogP contribution in [0.15, 0.2) is 36.4 Å². The van der Waals surface area contributed by atoms with E-state index < -0.39 is 11.9 Å². The highest BCUT2D eigenvalue weighted by Crippen LogP contribution is 2.39. The molecule has 0 bridgehead atoms. The lowest BCUT2D eigenvalue weighted by Crippen LogP contribution is -2.13. The molecule has 3 aromatic heterocycles. The molecule has 8 nitrogen and oxygen atoms in total. The van der Waals surface area contributed by atoms with Crippen molar-refractivity contribution in [2.24, 2.45) is 0 Å². The number of benzene rings is 1. The van der Waals surface area contributed by atoms with Crippen molar-refractivity contribution in [2.75, 3.05) is 0 Å². The molecule has 1 aliphatic carbocycles. The zero-order valence-electron chi connectivity index (χ0n) is 20.8. The van der Waals surface area contributed by atoms with Crippen molar-refractivity contribution in [1.29, 1.82) is 0 Å². The lowest BCUT2D eigenvalue weighted by molar-refractivity contribution is -0.137. The number of fused-ring (bicyclic) bond motifs is 1. The van der Waals surface area contributed by atoms with E-state index >= 15 is 0 Å². The molecule has 1 aliphatic rings. The third kappa shape index (κ3) is 5.17. The van der Waals surface area contributed by atoms with Crippen LogP contribution in [0.5, 0.6) is 0 Å². The first kappa shape index (κ1) is 24.8. The normalized spacial score (nSPS) is 14.5. The number of aryl methyl sites for hydroxylation is 2. The summed E-state index contributed by atoms with van der Waals surface area (Å²) >= 11 is 1.62. The maximum Gasteiger partial charge on any atom is 0.328 e. The fraction of sp³-hybridized carbons (Fsp3) is 0.321. The van der Waals surface area contributed by atoms with E-state index in [4.69, 9.17) is 9.97 Å². The van der Waals surface area contributed by atoms with E-state index in [1.807, 2.05) is 44.2 Å². The predicted molar refractivity (Wildman–Crippen MR) is 144 cm³/mol. The monoisotopic (exact) mass is 516 g/mol. The molecule has 4 aromatic rings. The molecule has 0 saturated heterocycles. The van der Waals surface area contributed by atoms with Gasteiger partial charge in [0, 0.05) is 22.9 Å². The topological polar surface area (TPSA) is 118 Å². The molecule has 0 aliphatic heterocycles. The molecule has 0 unspecified atom stereocenters. The number of hydrogen-bond donors (Lipinski definition) is 2. The van der Waals surface area contributed by atoms with Gasteiger partial charge >= 0.3 is 11.9 Å². The van der Waals surface area contributed by atoms with Crippen LogP contribution in [0.3, 0.4) is 0 Å². The summed E-state index contributed by atoms with van der Waals surface area (Å²) in [5, 5.41) is 20.8. The third-order valence-electron chi connectivity index (χ3n) is 6.78. The molecule has 3 heterocycles. The Hall–Kier alpha value is -3.85. The van der Waals surface area contributed by atoms with Crippen LogP contribution >= 0.6 is 11.3 Å². The number of carbonyl (C=O) groups is 2. The number of imidazole rings is 1. The van der Waals surface area contributed by atoms with Crippen LogP contribution in [0, 0.1) is 13.8 Å². The van der Waals surface area contributed by atoms with Gasteiger partial charge in [-0.25, -0.2) is 19.7 Å². The largest absolute Gasteiger partial charge is 0.480 e. The minimum Gasteiger partial charge on any atom is -0.480 e. The molecule has 0 spiro atoms. The Balaban J connectivity index is 1.65. The van der Waals surface area contributed by atoms with Gasteiger partial charge in [-0.3, -0.25) is 4.79 Å². The van der Waals surface area contributed by atoms with Gasteiger partial charge in [-0.05, 0) is 51.0 Å². The summed E-state index contributed by atoms with van der Waals surface area (Å²) in [4.78, 5) is 38.3. The fourth-order valence-corrected chi connectivity index (χ4v) is 6.08. The summed E-state index contributed by atoms with van der Waals surface area (Å²) in [6.07, 6.45) is 7.71. The number of carboxylic acids is 2. The maximum absolute atomic E-state index is 11.8. The molecule has 0 atom stereocenters. The lowest BCUT2D eigenvalue weighted by atomic mass is 9.85. The van der Waals surface area contributed by atoms with E-state index in [9.17, 15) is 19.8 Å². The van der Waals surface area contributed by atoms with Crippen molar-refractivity contribution >= 4 is 40.3 Å². The van der Waals surface area contributed by atoms with E-state index in [1.54, 1.807) is 15.9 Å². The smallest absolute Gasteiger partial charge is 0.328 e. The van der Waals surface area contributed by atoms with Crippen molar-refractivity contribution < 1.29 is 19.8 Å². The summed E-state index contributed by atoms with van der Waals surface area (Å²) in [7, 11) is 0. The van der Waals surface area contributed by atoms with Gasteiger partial charge in [-0.2, -0.15) is 0 Å². The summed E-state index contributed by atoms with van der Waals surface area (Å²) in [5.74, 6) is -1.58. The number of carboxylic acid groups (broad SMARTS) is 2. The van der Waals surface area contributed by atoms with E-state index in [0.29, 0.717) is 5.82 Å². The Morgan fingerprint density at radius 3 is 2.51 bits per heavy atom.